The van der Waals surface area contributed by atoms with Gasteiger partial charge in [-0.15, -0.1) is 0 Å². The Bertz CT molecular complexity index is 620. The van der Waals surface area contributed by atoms with Crippen LogP contribution in [-0.2, 0) is 23.8 Å². The molecule has 0 spiro atoms. The molecule has 7 nitrogen and oxygen atoms in total. The number of carbonyl (C=O) groups is 2. The van der Waals surface area contributed by atoms with E-state index in [1.54, 1.807) is 31.2 Å². The fourth-order valence-electron chi connectivity index (χ4n) is 2.28. The lowest BCUT2D eigenvalue weighted by molar-refractivity contribution is -0.140. The minimum atomic E-state index is -0.645. The Hall–Kier alpha value is -2.38. The molecule has 1 aromatic carbocycles. The van der Waals surface area contributed by atoms with Crippen LogP contribution in [-0.4, -0.2) is 44.6 Å². The number of methoxy groups -OCH3 is 2. The maximum Gasteiger partial charge on any atom is 0.355 e. The van der Waals surface area contributed by atoms with E-state index < -0.39 is 18.0 Å². The smallest absolute Gasteiger partial charge is 0.355 e. The third-order valence-electron chi connectivity index (χ3n) is 3.52. The van der Waals surface area contributed by atoms with Crippen molar-refractivity contribution in [3.8, 4) is 0 Å². The Morgan fingerprint density at radius 3 is 2.30 bits per heavy atom. The van der Waals surface area contributed by atoms with Crippen LogP contribution >= 0.6 is 0 Å². The van der Waals surface area contributed by atoms with Crippen LogP contribution < -0.4 is 4.90 Å². The number of aliphatic hydroxyl groups is 1. The number of rotatable bonds is 4. The molecule has 1 heterocycles. The van der Waals surface area contributed by atoms with Crippen molar-refractivity contribution in [2.24, 2.45) is 0 Å². The normalized spacial score (nSPS) is 16.1. The van der Waals surface area contributed by atoms with Crippen LogP contribution in [0.5, 0.6) is 0 Å². The number of esters is 2. The van der Waals surface area contributed by atoms with E-state index in [0.717, 1.165) is 5.56 Å². The topological polar surface area (TPSA) is 85.3 Å². The number of benzene rings is 1. The number of anilines is 1. The summed E-state index contributed by atoms with van der Waals surface area (Å²) in [5.74, 6) is -1.29. The molecule has 0 fully saturated rings. The summed E-state index contributed by atoms with van der Waals surface area (Å²) in [7, 11) is 2.48. The van der Waals surface area contributed by atoms with Crippen molar-refractivity contribution < 1.29 is 28.9 Å². The largest absolute Gasteiger partial charge is 0.466 e. The predicted molar refractivity (Wildman–Crippen MR) is 81.4 cm³/mol. The van der Waals surface area contributed by atoms with Gasteiger partial charge < -0.3 is 24.2 Å². The van der Waals surface area contributed by atoms with Crippen LogP contribution in [0.2, 0.25) is 0 Å². The van der Waals surface area contributed by atoms with Crippen molar-refractivity contribution in [3.05, 3.63) is 41.1 Å². The number of carbonyl (C=O) groups excluding carboxylic acids is 2. The van der Waals surface area contributed by atoms with E-state index in [2.05, 4.69) is 0 Å². The van der Waals surface area contributed by atoms with Crippen molar-refractivity contribution in [1.82, 2.24) is 0 Å². The molecular weight excluding hydrogens is 302 g/mol. The van der Waals surface area contributed by atoms with Crippen LogP contribution in [0.4, 0.5) is 5.69 Å². The number of hydrogen-bond donors (Lipinski definition) is 1. The number of aliphatic hydroxyl groups excluding tert-OH is 1. The summed E-state index contributed by atoms with van der Waals surface area (Å²) < 4.78 is 14.9. The molecular formula is C16H19NO6. The van der Waals surface area contributed by atoms with Crippen LogP contribution in [0.15, 0.2) is 35.5 Å². The first-order valence-corrected chi connectivity index (χ1v) is 7.02. The molecule has 1 unspecified atom stereocenters. The molecule has 23 heavy (non-hydrogen) atoms. The van der Waals surface area contributed by atoms with E-state index in [1.165, 1.54) is 19.1 Å². The van der Waals surface area contributed by atoms with E-state index in [1.807, 2.05) is 0 Å². The summed E-state index contributed by atoms with van der Waals surface area (Å²) in [6.45, 7) is 1.73. The average molecular weight is 321 g/mol. The van der Waals surface area contributed by atoms with Gasteiger partial charge in [0.1, 0.15) is 12.4 Å². The zero-order chi connectivity index (χ0) is 17.0. The zero-order valence-electron chi connectivity index (χ0n) is 13.2. The highest BCUT2D eigenvalue weighted by atomic mass is 16.5. The third kappa shape index (κ3) is 3.52. The Morgan fingerprint density at radius 2 is 1.78 bits per heavy atom. The first kappa shape index (κ1) is 17.0. The molecule has 0 saturated heterocycles. The molecule has 0 aliphatic carbocycles. The molecule has 1 aliphatic rings. The van der Waals surface area contributed by atoms with Crippen molar-refractivity contribution in [2.75, 3.05) is 32.5 Å². The molecule has 0 amide bonds. The summed E-state index contributed by atoms with van der Waals surface area (Å²) in [6, 6.07) is 6.94. The summed E-state index contributed by atoms with van der Waals surface area (Å²) in [5, 5.41) is 9.57. The second-order valence-electron chi connectivity index (χ2n) is 4.98. The molecule has 1 N–H and O–H groups in total. The van der Waals surface area contributed by atoms with Crippen LogP contribution in [0.1, 0.15) is 18.6 Å². The number of nitrogens with zero attached hydrogens (tertiary/aromatic N) is 1. The van der Waals surface area contributed by atoms with Gasteiger partial charge in [0.05, 0.1) is 32.5 Å². The van der Waals surface area contributed by atoms with Gasteiger partial charge >= 0.3 is 11.9 Å². The fourth-order valence-corrected chi connectivity index (χ4v) is 2.28. The lowest BCUT2D eigenvalue weighted by Crippen LogP contribution is -2.38. The van der Waals surface area contributed by atoms with Crippen LogP contribution in [0, 0.1) is 0 Å². The summed E-state index contributed by atoms with van der Waals surface area (Å²) >= 11 is 0. The van der Waals surface area contributed by atoms with E-state index in [0.29, 0.717) is 5.69 Å². The van der Waals surface area contributed by atoms with E-state index in [4.69, 9.17) is 14.2 Å². The molecule has 2 rings (SSSR count). The zero-order valence-corrected chi connectivity index (χ0v) is 13.2. The van der Waals surface area contributed by atoms with Crippen molar-refractivity contribution in [3.63, 3.8) is 0 Å². The van der Waals surface area contributed by atoms with Gasteiger partial charge in [-0.05, 0) is 24.6 Å². The molecule has 1 aliphatic heterocycles. The number of hydrogen-bond acceptors (Lipinski definition) is 7. The SMILES string of the molecule is COC(=O)C1=C(C(=O)OC)N(c2ccc(C(C)O)cc2)COC1. The Balaban J connectivity index is 2.46. The quantitative estimate of drug-likeness (QED) is 0.832. The molecule has 7 heteroatoms. The number of ether oxygens (including phenoxy) is 3. The van der Waals surface area contributed by atoms with Crippen molar-refractivity contribution in [2.45, 2.75) is 13.0 Å². The summed E-state index contributed by atoms with van der Waals surface area (Å²) in [6.07, 6.45) is -0.595. The average Bonchev–Trinajstić information content (AvgIpc) is 2.59. The Kier molecular flexibility index (Phi) is 5.36. The van der Waals surface area contributed by atoms with Gasteiger partial charge in [0.15, 0.2) is 0 Å². The Morgan fingerprint density at radius 1 is 1.17 bits per heavy atom. The highest BCUT2D eigenvalue weighted by molar-refractivity contribution is 6.03. The van der Waals surface area contributed by atoms with Crippen molar-refractivity contribution in [1.29, 1.82) is 0 Å². The Labute approximate surface area is 134 Å². The molecule has 1 aromatic rings. The maximum absolute atomic E-state index is 12.1. The molecule has 0 aromatic heterocycles. The van der Waals surface area contributed by atoms with Gasteiger partial charge in [0.2, 0.25) is 0 Å². The third-order valence-corrected chi connectivity index (χ3v) is 3.52. The highest BCUT2D eigenvalue weighted by Crippen LogP contribution is 2.27. The van der Waals surface area contributed by atoms with Gasteiger partial charge in [0, 0.05) is 5.69 Å². The lowest BCUT2D eigenvalue weighted by atomic mass is 10.1. The van der Waals surface area contributed by atoms with Crippen molar-refractivity contribution >= 4 is 17.6 Å². The molecule has 124 valence electrons. The fraction of sp³-hybridized carbons (Fsp3) is 0.375. The molecule has 0 radical (unpaired) electrons. The summed E-state index contributed by atoms with van der Waals surface area (Å²) in [5.41, 5.74) is 1.57. The predicted octanol–water partition coefficient (Wildman–Crippen LogP) is 1.13. The maximum atomic E-state index is 12.1. The molecule has 0 saturated carbocycles. The van der Waals surface area contributed by atoms with Gasteiger partial charge in [0.25, 0.3) is 0 Å². The van der Waals surface area contributed by atoms with Gasteiger partial charge in [-0.3, -0.25) is 0 Å². The monoisotopic (exact) mass is 321 g/mol. The minimum Gasteiger partial charge on any atom is -0.466 e. The second kappa shape index (κ2) is 7.26. The minimum absolute atomic E-state index is 0.0284. The second-order valence-corrected chi connectivity index (χ2v) is 4.98. The lowest BCUT2D eigenvalue weighted by Gasteiger charge is -2.31. The molecule has 1 atom stereocenters. The van der Waals surface area contributed by atoms with E-state index in [9.17, 15) is 14.7 Å². The highest BCUT2D eigenvalue weighted by Gasteiger charge is 2.32. The molecule has 0 bridgehead atoms. The van der Waals surface area contributed by atoms with Crippen LogP contribution in [0.25, 0.3) is 0 Å². The van der Waals surface area contributed by atoms with Crippen LogP contribution in [0.3, 0.4) is 0 Å². The first-order valence-electron chi connectivity index (χ1n) is 7.02. The van der Waals surface area contributed by atoms with Gasteiger partial charge in [-0.2, -0.15) is 0 Å². The van der Waals surface area contributed by atoms with Gasteiger partial charge in [-0.25, -0.2) is 9.59 Å². The first-order chi connectivity index (χ1) is 11.0. The van der Waals surface area contributed by atoms with E-state index >= 15 is 0 Å². The van der Waals surface area contributed by atoms with Gasteiger partial charge in [-0.1, -0.05) is 12.1 Å². The summed E-state index contributed by atoms with van der Waals surface area (Å²) in [4.78, 5) is 25.6. The standard InChI is InChI=1S/C16H19NO6/c1-10(18)11-4-6-12(7-5-11)17-9-23-8-13(15(19)21-2)14(17)16(20)22-3/h4-7,10,18H,8-9H2,1-3H3. The van der Waals surface area contributed by atoms with E-state index in [-0.39, 0.29) is 24.6 Å².